The molecule has 1 aliphatic heterocycles. The average molecular weight is 473 g/mol. The summed E-state index contributed by atoms with van der Waals surface area (Å²) in [6.07, 6.45) is 2.07. The molecule has 5 nitrogen and oxygen atoms in total. The molecule has 0 saturated heterocycles. The molecule has 3 aromatic rings. The Bertz CT molecular complexity index is 1040. The van der Waals surface area contributed by atoms with Crippen LogP contribution in [-0.2, 0) is 14.9 Å². The number of carbonyl (C=O) groups excluding carboxylic acids is 1. The lowest BCUT2D eigenvalue weighted by molar-refractivity contribution is -0.120. The summed E-state index contributed by atoms with van der Waals surface area (Å²) in [4.78, 5) is 15.3. The number of rotatable bonds is 5. The van der Waals surface area contributed by atoms with Gasteiger partial charge in [0.1, 0.15) is 3.70 Å². The maximum absolute atomic E-state index is 13.4. The first-order chi connectivity index (χ1) is 13.2. The van der Waals surface area contributed by atoms with E-state index in [1.807, 2.05) is 17.0 Å². The number of ether oxygens (including phenoxy) is 1. The summed E-state index contributed by atoms with van der Waals surface area (Å²) in [5.74, 6) is 0.0787. The minimum atomic E-state index is -0.120. The third-order valence-corrected chi connectivity index (χ3v) is 6.83. The van der Waals surface area contributed by atoms with E-state index >= 15 is 0 Å². The Hall–Kier alpha value is -1.93. The maximum Gasteiger partial charge on any atom is 0.235 e. The zero-order valence-corrected chi connectivity index (χ0v) is 17.2. The molecule has 1 saturated carbocycles. The van der Waals surface area contributed by atoms with Crippen LogP contribution in [0.3, 0.4) is 0 Å². The fourth-order valence-electron chi connectivity index (χ4n) is 4.51. The van der Waals surface area contributed by atoms with Gasteiger partial charge in [-0.25, -0.2) is 0 Å². The number of carbonyl (C=O) groups is 1. The van der Waals surface area contributed by atoms with Crippen LogP contribution in [0.15, 0.2) is 42.5 Å². The largest absolute Gasteiger partial charge is 0.383 e. The first kappa shape index (κ1) is 17.2. The standard InChI is InChI=1S/C21H20IN3O2/c1-27-11-10-25-17-5-3-2-4-15(17)18(20(25)26)21(8-9-21)13-6-7-14-16(12-13)23-24-19(14)22/h2-7,12,18H,8-11H2,1H3,(H,23,24)/t18-/m0/s1. The second-order valence-electron chi connectivity index (χ2n) is 7.41. The summed E-state index contributed by atoms with van der Waals surface area (Å²) < 4.78 is 6.21. The smallest absolute Gasteiger partial charge is 0.235 e. The Morgan fingerprint density at radius 1 is 1.30 bits per heavy atom. The summed E-state index contributed by atoms with van der Waals surface area (Å²) in [5, 5.41) is 8.56. The quantitative estimate of drug-likeness (QED) is 0.571. The molecule has 0 unspecified atom stereocenters. The summed E-state index contributed by atoms with van der Waals surface area (Å²) in [6.45, 7) is 1.13. The number of halogens is 1. The van der Waals surface area contributed by atoms with Crippen molar-refractivity contribution in [3.8, 4) is 0 Å². The van der Waals surface area contributed by atoms with Gasteiger partial charge in [-0.2, -0.15) is 5.10 Å². The molecule has 2 aliphatic rings. The van der Waals surface area contributed by atoms with Gasteiger partial charge < -0.3 is 9.64 Å². The van der Waals surface area contributed by atoms with Crippen molar-refractivity contribution in [3.63, 3.8) is 0 Å². The number of amides is 1. The van der Waals surface area contributed by atoms with E-state index in [1.54, 1.807) is 7.11 Å². The molecule has 5 rings (SSSR count). The molecule has 2 aromatic carbocycles. The summed E-state index contributed by atoms with van der Waals surface area (Å²) in [6, 6.07) is 14.7. The van der Waals surface area contributed by atoms with E-state index in [2.05, 4.69) is 63.1 Å². The second-order valence-corrected chi connectivity index (χ2v) is 8.43. The minimum absolute atomic E-state index is 0.111. The number of hydrogen-bond acceptors (Lipinski definition) is 3. The van der Waals surface area contributed by atoms with Crippen LogP contribution in [0.5, 0.6) is 0 Å². The highest BCUT2D eigenvalue weighted by Crippen LogP contribution is 2.61. The van der Waals surface area contributed by atoms with Gasteiger partial charge in [0.2, 0.25) is 5.91 Å². The molecule has 1 aliphatic carbocycles. The molecule has 0 spiro atoms. The van der Waals surface area contributed by atoms with Crippen molar-refractivity contribution < 1.29 is 9.53 Å². The van der Waals surface area contributed by atoms with E-state index in [-0.39, 0.29) is 17.2 Å². The summed E-state index contributed by atoms with van der Waals surface area (Å²) >= 11 is 2.24. The predicted molar refractivity (Wildman–Crippen MR) is 113 cm³/mol. The minimum Gasteiger partial charge on any atom is -0.383 e. The lowest BCUT2D eigenvalue weighted by Crippen LogP contribution is -2.35. The van der Waals surface area contributed by atoms with Crippen molar-refractivity contribution in [2.24, 2.45) is 0 Å². The molecule has 0 radical (unpaired) electrons. The Balaban J connectivity index is 1.59. The monoisotopic (exact) mass is 473 g/mol. The Morgan fingerprint density at radius 3 is 2.89 bits per heavy atom. The average Bonchev–Trinajstić information content (AvgIpc) is 3.33. The fourth-order valence-corrected chi connectivity index (χ4v) is 5.10. The van der Waals surface area contributed by atoms with Crippen molar-refractivity contribution >= 4 is 45.1 Å². The second kappa shape index (κ2) is 6.31. The third-order valence-electron chi connectivity index (χ3n) is 6.00. The van der Waals surface area contributed by atoms with Crippen molar-refractivity contribution in [1.29, 1.82) is 0 Å². The number of hydrogen-bond donors (Lipinski definition) is 1. The number of anilines is 1. The summed E-state index contributed by atoms with van der Waals surface area (Å²) in [7, 11) is 1.67. The van der Waals surface area contributed by atoms with Crippen LogP contribution in [0.25, 0.3) is 10.9 Å². The number of H-pyrrole nitrogens is 1. The van der Waals surface area contributed by atoms with Crippen LogP contribution in [-0.4, -0.2) is 36.4 Å². The van der Waals surface area contributed by atoms with Gasteiger partial charge in [-0.15, -0.1) is 0 Å². The van der Waals surface area contributed by atoms with Crippen molar-refractivity contribution in [3.05, 3.63) is 57.3 Å². The maximum atomic E-state index is 13.4. The molecule has 1 amide bonds. The fraction of sp³-hybridized carbons (Fsp3) is 0.333. The molecular formula is C21H20IN3O2. The van der Waals surface area contributed by atoms with E-state index in [1.165, 1.54) is 5.56 Å². The number of nitrogens with one attached hydrogen (secondary N) is 1. The van der Waals surface area contributed by atoms with Gasteiger partial charge in [0.25, 0.3) is 0 Å². The number of para-hydroxylation sites is 1. The van der Waals surface area contributed by atoms with E-state index in [0.717, 1.165) is 38.7 Å². The number of nitrogens with zero attached hydrogens (tertiary/aromatic N) is 2. The molecule has 0 bridgehead atoms. The number of aromatic nitrogens is 2. The Morgan fingerprint density at radius 2 is 2.11 bits per heavy atom. The Kier molecular flexibility index (Phi) is 4.01. The van der Waals surface area contributed by atoms with Crippen LogP contribution in [0.4, 0.5) is 5.69 Å². The highest BCUT2D eigenvalue weighted by atomic mass is 127. The van der Waals surface area contributed by atoms with E-state index in [9.17, 15) is 4.79 Å². The van der Waals surface area contributed by atoms with Gasteiger partial charge in [0, 0.05) is 30.1 Å². The molecule has 27 heavy (non-hydrogen) atoms. The van der Waals surface area contributed by atoms with Crippen LogP contribution >= 0.6 is 22.6 Å². The number of methoxy groups -OCH3 is 1. The van der Waals surface area contributed by atoms with Crippen LogP contribution in [0.2, 0.25) is 0 Å². The topological polar surface area (TPSA) is 58.2 Å². The molecule has 6 heteroatoms. The van der Waals surface area contributed by atoms with Gasteiger partial charge in [0.05, 0.1) is 18.0 Å². The highest BCUT2D eigenvalue weighted by Gasteiger charge is 2.58. The molecule has 1 fully saturated rings. The van der Waals surface area contributed by atoms with Gasteiger partial charge >= 0.3 is 0 Å². The van der Waals surface area contributed by atoms with E-state index in [4.69, 9.17) is 4.74 Å². The molecule has 2 heterocycles. The van der Waals surface area contributed by atoms with Crippen LogP contribution < -0.4 is 4.90 Å². The zero-order valence-electron chi connectivity index (χ0n) is 15.0. The van der Waals surface area contributed by atoms with Gasteiger partial charge in [0.15, 0.2) is 0 Å². The van der Waals surface area contributed by atoms with Crippen molar-refractivity contribution in [2.75, 3.05) is 25.2 Å². The Labute approximate surface area is 171 Å². The van der Waals surface area contributed by atoms with Crippen LogP contribution in [0, 0.1) is 3.70 Å². The van der Waals surface area contributed by atoms with E-state index < -0.39 is 0 Å². The number of fused-ring (bicyclic) bond motifs is 2. The molecule has 138 valence electrons. The normalized spacial score (nSPS) is 20.3. The molecular weight excluding hydrogens is 453 g/mol. The first-order valence-corrected chi connectivity index (χ1v) is 10.3. The van der Waals surface area contributed by atoms with Crippen molar-refractivity contribution in [2.45, 2.75) is 24.2 Å². The number of aromatic amines is 1. The first-order valence-electron chi connectivity index (χ1n) is 9.19. The lowest BCUT2D eigenvalue weighted by Gasteiger charge is -2.24. The van der Waals surface area contributed by atoms with Gasteiger partial charge in [-0.05, 0) is 64.8 Å². The van der Waals surface area contributed by atoms with Gasteiger partial charge in [-0.3, -0.25) is 9.89 Å². The SMILES string of the molecule is COCCN1C(=O)[C@@H](C2(c3ccc4c(I)n[nH]c4c3)CC2)c2ccccc21. The van der Waals surface area contributed by atoms with Crippen molar-refractivity contribution in [1.82, 2.24) is 10.2 Å². The predicted octanol–water partition coefficient (Wildman–Crippen LogP) is 3.98. The van der Waals surface area contributed by atoms with Gasteiger partial charge in [-0.1, -0.05) is 24.3 Å². The molecule has 1 N–H and O–H groups in total. The third kappa shape index (κ3) is 2.53. The lowest BCUT2D eigenvalue weighted by atomic mass is 9.79. The van der Waals surface area contributed by atoms with E-state index in [0.29, 0.717) is 13.2 Å². The number of benzene rings is 2. The molecule has 1 atom stereocenters. The highest BCUT2D eigenvalue weighted by molar-refractivity contribution is 14.1. The van der Waals surface area contributed by atoms with Crippen LogP contribution in [0.1, 0.15) is 29.9 Å². The molecule has 1 aromatic heterocycles. The summed E-state index contributed by atoms with van der Waals surface area (Å²) in [5.41, 5.74) is 4.35. The zero-order chi connectivity index (χ0) is 18.6.